The minimum Gasteiger partial charge on any atom is -0.481 e. The van der Waals surface area contributed by atoms with Crippen molar-refractivity contribution in [3.63, 3.8) is 0 Å². The molecular weight excluding hydrogens is 449 g/mol. The molecule has 0 aliphatic carbocycles. The van der Waals surface area contributed by atoms with Gasteiger partial charge in [0, 0.05) is 38.1 Å². The van der Waals surface area contributed by atoms with Crippen LogP contribution in [0, 0.1) is 12.7 Å². The van der Waals surface area contributed by atoms with E-state index in [0.717, 1.165) is 42.5 Å². The summed E-state index contributed by atoms with van der Waals surface area (Å²) in [6.07, 6.45) is 6.64. The number of benzene rings is 1. The van der Waals surface area contributed by atoms with Gasteiger partial charge >= 0.3 is 5.97 Å². The topological polar surface area (TPSA) is 94.9 Å². The number of rotatable bonds is 14. The van der Waals surface area contributed by atoms with Crippen LogP contribution in [-0.2, 0) is 22.4 Å². The molecule has 0 bridgehead atoms. The summed E-state index contributed by atoms with van der Waals surface area (Å²) in [6, 6.07) is 7.70. The maximum Gasteiger partial charge on any atom is 0.303 e. The lowest BCUT2D eigenvalue weighted by molar-refractivity contribution is -0.136. The number of hydrogen-bond acceptors (Lipinski definition) is 6. The van der Waals surface area contributed by atoms with Gasteiger partial charge in [-0.3, -0.25) is 14.7 Å². The molecule has 0 amide bonds. The maximum atomic E-state index is 13.9. The summed E-state index contributed by atoms with van der Waals surface area (Å²) in [7, 11) is 0. The largest absolute Gasteiger partial charge is 0.481 e. The molecule has 192 valence electrons. The molecule has 7 nitrogen and oxygen atoms in total. The second-order valence-corrected chi connectivity index (χ2v) is 9.36. The number of likely N-dealkylation sites (tertiary alicyclic amines) is 1. The average Bonchev–Trinajstić information content (AvgIpc) is 3.27. The van der Waals surface area contributed by atoms with Crippen LogP contribution in [0.4, 0.5) is 4.39 Å². The smallest absolute Gasteiger partial charge is 0.303 e. The first-order chi connectivity index (χ1) is 16.9. The number of carboxylic acids is 1. The predicted molar refractivity (Wildman–Crippen MR) is 133 cm³/mol. The van der Waals surface area contributed by atoms with Crippen LogP contribution in [0.2, 0.25) is 0 Å². The molecule has 3 atom stereocenters. The third-order valence-corrected chi connectivity index (χ3v) is 6.66. The van der Waals surface area contributed by atoms with Crippen molar-refractivity contribution in [1.29, 1.82) is 0 Å². The molecule has 0 saturated carbocycles. The fraction of sp³-hybridized carbons (Fsp3) is 0.556. The van der Waals surface area contributed by atoms with Crippen LogP contribution in [0.1, 0.15) is 61.0 Å². The Balaban J connectivity index is 1.44. The molecular formula is C27H38FN3O4. The molecule has 1 saturated heterocycles. The summed E-state index contributed by atoms with van der Waals surface area (Å²) < 4.78 is 19.9. The second-order valence-electron chi connectivity index (χ2n) is 9.36. The molecule has 35 heavy (non-hydrogen) atoms. The Kier molecular flexibility index (Phi) is 10.6. The Labute approximate surface area is 207 Å². The zero-order chi connectivity index (χ0) is 25.2. The van der Waals surface area contributed by atoms with Gasteiger partial charge in [0.15, 0.2) is 0 Å². The number of nitrogens with one attached hydrogen (secondary N) is 1. The van der Waals surface area contributed by atoms with Crippen LogP contribution in [0.3, 0.4) is 0 Å². The van der Waals surface area contributed by atoms with Crippen molar-refractivity contribution in [2.24, 2.45) is 0 Å². The standard InChI is InChI=1S/C27H38FN3O4/c1-3-26(24-10-11-29-15-21(24)8-9-27(33)34)35-17-23(32)16-30-18-31-12-4-5-22(31)13-20-7-6-19(2)25(28)14-20/h6-7,10-11,14-15,22-23,26,30,32H,3-5,8-9,12-13,16-18H2,1-2H3,(H,33,34)/t22-,23+,26?/m0/s1. The summed E-state index contributed by atoms with van der Waals surface area (Å²) >= 11 is 0. The van der Waals surface area contributed by atoms with E-state index in [1.165, 1.54) is 0 Å². The quantitative estimate of drug-likeness (QED) is 0.375. The van der Waals surface area contributed by atoms with Crippen LogP contribution in [0.5, 0.6) is 0 Å². The summed E-state index contributed by atoms with van der Waals surface area (Å²) in [5, 5.41) is 22.8. The number of aliphatic hydroxyl groups is 1. The Morgan fingerprint density at radius 2 is 2.20 bits per heavy atom. The number of aryl methyl sites for hydroxylation is 2. The Bertz CT molecular complexity index is 958. The zero-order valence-electron chi connectivity index (χ0n) is 20.8. The maximum absolute atomic E-state index is 13.9. The Morgan fingerprint density at radius 1 is 1.37 bits per heavy atom. The molecule has 2 aromatic rings. The number of hydrogen-bond donors (Lipinski definition) is 3. The van der Waals surface area contributed by atoms with Crippen LogP contribution in [0.25, 0.3) is 0 Å². The Morgan fingerprint density at radius 3 is 2.94 bits per heavy atom. The molecule has 2 heterocycles. The minimum absolute atomic E-state index is 0.0397. The number of aromatic nitrogens is 1. The summed E-state index contributed by atoms with van der Waals surface area (Å²) in [4.78, 5) is 17.4. The number of pyridine rings is 1. The monoisotopic (exact) mass is 487 g/mol. The van der Waals surface area contributed by atoms with Gasteiger partial charge < -0.3 is 20.3 Å². The lowest BCUT2D eigenvalue weighted by atomic mass is 9.99. The van der Waals surface area contributed by atoms with Crippen molar-refractivity contribution in [1.82, 2.24) is 15.2 Å². The van der Waals surface area contributed by atoms with E-state index in [4.69, 9.17) is 9.84 Å². The molecule has 1 unspecified atom stereocenters. The molecule has 1 aromatic heterocycles. The molecule has 8 heteroatoms. The van der Waals surface area contributed by atoms with E-state index in [1.54, 1.807) is 25.4 Å². The zero-order valence-corrected chi connectivity index (χ0v) is 20.8. The first-order valence-electron chi connectivity index (χ1n) is 12.5. The van der Waals surface area contributed by atoms with Crippen molar-refractivity contribution in [2.75, 3.05) is 26.4 Å². The van der Waals surface area contributed by atoms with Gasteiger partial charge in [-0.2, -0.15) is 0 Å². The molecule has 0 spiro atoms. The van der Waals surface area contributed by atoms with E-state index in [0.29, 0.717) is 37.7 Å². The molecule has 1 fully saturated rings. The van der Waals surface area contributed by atoms with Gasteiger partial charge in [-0.05, 0) is 80.0 Å². The highest BCUT2D eigenvalue weighted by molar-refractivity contribution is 5.67. The first kappa shape index (κ1) is 27.2. The SMILES string of the molecule is CCC(OC[C@H](O)CNCN1CCC[C@H]1Cc1ccc(C)c(F)c1)c1ccncc1CCC(=O)O. The fourth-order valence-corrected chi connectivity index (χ4v) is 4.66. The summed E-state index contributed by atoms with van der Waals surface area (Å²) in [5.74, 6) is -0.999. The molecule has 0 radical (unpaired) electrons. The van der Waals surface area contributed by atoms with Crippen molar-refractivity contribution >= 4 is 5.97 Å². The van der Waals surface area contributed by atoms with Gasteiger partial charge in [0.2, 0.25) is 0 Å². The second kappa shape index (κ2) is 13.6. The number of aliphatic hydroxyl groups excluding tert-OH is 1. The highest BCUT2D eigenvalue weighted by Gasteiger charge is 2.25. The minimum atomic E-state index is -0.846. The number of carbonyl (C=O) groups is 1. The van der Waals surface area contributed by atoms with Crippen molar-refractivity contribution in [3.05, 3.63) is 64.7 Å². The normalized spacial score (nSPS) is 18.0. The van der Waals surface area contributed by atoms with Crippen molar-refractivity contribution < 1.29 is 24.1 Å². The van der Waals surface area contributed by atoms with Crippen LogP contribution in [-0.4, -0.2) is 64.6 Å². The van der Waals surface area contributed by atoms with E-state index in [9.17, 15) is 14.3 Å². The van der Waals surface area contributed by atoms with E-state index in [-0.39, 0.29) is 24.9 Å². The predicted octanol–water partition coefficient (Wildman–Crippen LogP) is 3.63. The van der Waals surface area contributed by atoms with Gasteiger partial charge in [-0.1, -0.05) is 19.1 Å². The number of nitrogens with zero attached hydrogens (tertiary/aromatic N) is 2. The number of ether oxygens (including phenoxy) is 1. The van der Waals surface area contributed by atoms with Crippen molar-refractivity contribution in [2.45, 2.75) is 70.6 Å². The van der Waals surface area contributed by atoms with E-state index in [2.05, 4.69) is 15.2 Å². The highest BCUT2D eigenvalue weighted by Crippen LogP contribution is 2.25. The summed E-state index contributed by atoms with van der Waals surface area (Å²) in [6.45, 7) is 6.01. The number of aliphatic carboxylic acids is 1. The Hall–Kier alpha value is -2.39. The number of halogens is 1. The van der Waals surface area contributed by atoms with Crippen molar-refractivity contribution in [3.8, 4) is 0 Å². The van der Waals surface area contributed by atoms with Crippen LogP contribution >= 0.6 is 0 Å². The van der Waals surface area contributed by atoms with Gasteiger partial charge in [0.25, 0.3) is 0 Å². The van der Waals surface area contributed by atoms with Gasteiger partial charge in [-0.25, -0.2) is 4.39 Å². The van der Waals surface area contributed by atoms with E-state index < -0.39 is 12.1 Å². The van der Waals surface area contributed by atoms with E-state index >= 15 is 0 Å². The molecule has 1 aliphatic heterocycles. The van der Waals surface area contributed by atoms with E-state index in [1.807, 2.05) is 25.1 Å². The molecule has 1 aromatic carbocycles. The van der Waals surface area contributed by atoms with Gasteiger partial charge in [0.1, 0.15) is 5.82 Å². The molecule has 3 N–H and O–H groups in total. The first-order valence-corrected chi connectivity index (χ1v) is 12.5. The lowest BCUT2D eigenvalue weighted by Crippen LogP contribution is -2.42. The highest BCUT2D eigenvalue weighted by atomic mass is 19.1. The van der Waals surface area contributed by atoms with Crippen LogP contribution in [0.15, 0.2) is 36.7 Å². The van der Waals surface area contributed by atoms with Gasteiger partial charge in [-0.15, -0.1) is 0 Å². The molecule has 1 aliphatic rings. The fourth-order valence-electron chi connectivity index (χ4n) is 4.66. The lowest BCUT2D eigenvalue weighted by Gasteiger charge is -2.26. The third-order valence-electron chi connectivity index (χ3n) is 6.66. The van der Waals surface area contributed by atoms with Crippen LogP contribution < -0.4 is 5.32 Å². The summed E-state index contributed by atoms with van der Waals surface area (Å²) in [5.41, 5.74) is 3.47. The molecule has 3 rings (SSSR count). The van der Waals surface area contributed by atoms with Gasteiger partial charge in [0.05, 0.1) is 18.8 Å². The third kappa shape index (κ3) is 8.35. The number of carboxylic acid groups (broad SMARTS) is 1. The average molecular weight is 488 g/mol.